The number of carbonyl (C=O) groups is 1. The highest BCUT2D eigenvalue weighted by Gasteiger charge is 2.10. The summed E-state index contributed by atoms with van der Waals surface area (Å²) in [4.78, 5) is 17.0. The second-order valence-electron chi connectivity index (χ2n) is 5.24. The van der Waals surface area contributed by atoms with Crippen LogP contribution in [-0.4, -0.2) is 19.2 Å². The molecule has 114 valence electrons. The molecule has 2 aromatic rings. The third-order valence-electron chi connectivity index (χ3n) is 3.31. The Morgan fingerprint density at radius 2 is 1.82 bits per heavy atom. The van der Waals surface area contributed by atoms with Crippen molar-refractivity contribution in [2.75, 3.05) is 12.4 Å². The number of rotatable bonds is 5. The monoisotopic (exact) mass is 296 g/mol. The van der Waals surface area contributed by atoms with E-state index in [1.54, 1.807) is 18.3 Å². The summed E-state index contributed by atoms with van der Waals surface area (Å²) >= 11 is 0. The lowest BCUT2D eigenvalue weighted by atomic mass is 10.0. The lowest BCUT2D eigenvalue weighted by molar-refractivity contribution is 0.102. The molecule has 0 radical (unpaired) electrons. The van der Waals surface area contributed by atoms with Gasteiger partial charge in [0.15, 0.2) is 0 Å². The number of para-hydroxylation sites is 1. The molecule has 4 nitrogen and oxygen atoms in total. The highest BCUT2D eigenvalue weighted by atomic mass is 16.6. The van der Waals surface area contributed by atoms with Crippen molar-refractivity contribution >= 4 is 17.8 Å². The maximum atomic E-state index is 12.3. The minimum atomic E-state index is -0.122. The van der Waals surface area contributed by atoms with Gasteiger partial charge in [-0.25, -0.2) is 0 Å². The Labute approximate surface area is 130 Å². The van der Waals surface area contributed by atoms with Crippen LogP contribution in [0.2, 0.25) is 0 Å². The molecule has 0 heterocycles. The van der Waals surface area contributed by atoms with Gasteiger partial charge in [-0.15, -0.1) is 0 Å². The van der Waals surface area contributed by atoms with Crippen molar-refractivity contribution in [3.8, 4) is 0 Å². The van der Waals surface area contributed by atoms with Crippen molar-refractivity contribution in [3.05, 3.63) is 65.2 Å². The summed E-state index contributed by atoms with van der Waals surface area (Å²) < 4.78 is 0. The van der Waals surface area contributed by atoms with E-state index < -0.39 is 0 Å². The number of hydrogen-bond donors (Lipinski definition) is 1. The lowest BCUT2D eigenvalue weighted by Gasteiger charge is -2.13. The minimum absolute atomic E-state index is 0.122. The quantitative estimate of drug-likeness (QED) is 0.668. The first-order valence-corrected chi connectivity index (χ1v) is 7.18. The summed E-state index contributed by atoms with van der Waals surface area (Å²) in [6.07, 6.45) is 1.59. The molecule has 1 amide bonds. The van der Waals surface area contributed by atoms with E-state index in [2.05, 4.69) is 29.2 Å². The first-order valence-electron chi connectivity index (χ1n) is 7.18. The van der Waals surface area contributed by atoms with Gasteiger partial charge >= 0.3 is 0 Å². The van der Waals surface area contributed by atoms with Crippen LogP contribution in [0.1, 0.15) is 41.3 Å². The molecular weight excluding hydrogens is 276 g/mol. The smallest absolute Gasteiger partial charge is 0.255 e. The van der Waals surface area contributed by atoms with E-state index in [9.17, 15) is 4.79 Å². The van der Waals surface area contributed by atoms with Gasteiger partial charge in [0.2, 0.25) is 0 Å². The molecule has 2 rings (SSSR count). The highest BCUT2D eigenvalue weighted by molar-refractivity contribution is 6.05. The van der Waals surface area contributed by atoms with Crippen LogP contribution < -0.4 is 5.32 Å². The molecule has 0 bridgehead atoms. The molecule has 1 N–H and O–H groups in total. The number of amides is 1. The summed E-state index contributed by atoms with van der Waals surface area (Å²) in [7, 11) is 1.49. The Kier molecular flexibility index (Phi) is 5.31. The Morgan fingerprint density at radius 3 is 2.45 bits per heavy atom. The Balaban J connectivity index is 2.14. The van der Waals surface area contributed by atoms with E-state index in [4.69, 9.17) is 0 Å². The maximum absolute atomic E-state index is 12.3. The predicted octanol–water partition coefficient (Wildman–Crippen LogP) is 4.04. The van der Waals surface area contributed by atoms with Crippen LogP contribution in [0.5, 0.6) is 0 Å². The van der Waals surface area contributed by atoms with E-state index in [0.717, 1.165) is 16.8 Å². The van der Waals surface area contributed by atoms with Crippen molar-refractivity contribution in [1.29, 1.82) is 0 Å². The van der Waals surface area contributed by atoms with Gasteiger partial charge < -0.3 is 10.2 Å². The third-order valence-corrected chi connectivity index (χ3v) is 3.31. The summed E-state index contributed by atoms with van der Waals surface area (Å²) in [6, 6.07) is 15.0. The molecular formula is C18H20N2O2. The molecule has 0 aliphatic carbocycles. The minimum Gasteiger partial charge on any atom is -0.399 e. The Bertz CT molecular complexity index is 661. The van der Waals surface area contributed by atoms with Gasteiger partial charge in [0.1, 0.15) is 7.11 Å². The van der Waals surface area contributed by atoms with Crippen LogP contribution in [0, 0.1) is 0 Å². The van der Waals surface area contributed by atoms with E-state index in [1.165, 1.54) is 7.11 Å². The molecule has 0 fully saturated rings. The van der Waals surface area contributed by atoms with Crippen LogP contribution in [-0.2, 0) is 4.84 Å². The SMILES string of the molecule is CO/N=C/c1ccc(C(=O)Nc2ccccc2C(C)C)cc1. The molecule has 0 spiro atoms. The molecule has 0 saturated carbocycles. The first kappa shape index (κ1) is 15.8. The van der Waals surface area contributed by atoms with Crippen molar-refractivity contribution in [2.45, 2.75) is 19.8 Å². The fourth-order valence-corrected chi connectivity index (χ4v) is 2.14. The topological polar surface area (TPSA) is 50.7 Å². The molecule has 0 aliphatic rings. The van der Waals surface area contributed by atoms with Gasteiger partial charge in [-0.3, -0.25) is 4.79 Å². The zero-order chi connectivity index (χ0) is 15.9. The Hall–Kier alpha value is -2.62. The molecule has 0 aromatic heterocycles. The zero-order valence-corrected chi connectivity index (χ0v) is 13.0. The average molecular weight is 296 g/mol. The molecule has 22 heavy (non-hydrogen) atoms. The number of oxime groups is 1. The average Bonchev–Trinajstić information content (AvgIpc) is 2.53. The third kappa shape index (κ3) is 3.95. The van der Waals surface area contributed by atoms with Gasteiger partial charge in [-0.2, -0.15) is 0 Å². The number of nitrogens with zero attached hydrogens (tertiary/aromatic N) is 1. The van der Waals surface area contributed by atoms with E-state index in [1.807, 2.05) is 36.4 Å². The normalized spacial score (nSPS) is 10.9. The molecule has 0 aliphatic heterocycles. The predicted molar refractivity (Wildman–Crippen MR) is 89.5 cm³/mol. The van der Waals surface area contributed by atoms with E-state index in [-0.39, 0.29) is 5.91 Å². The number of anilines is 1. The van der Waals surface area contributed by atoms with E-state index >= 15 is 0 Å². The Morgan fingerprint density at radius 1 is 1.14 bits per heavy atom. The van der Waals surface area contributed by atoms with Crippen LogP contribution in [0.4, 0.5) is 5.69 Å². The number of benzene rings is 2. The van der Waals surface area contributed by atoms with Crippen LogP contribution >= 0.6 is 0 Å². The fraction of sp³-hybridized carbons (Fsp3) is 0.222. The van der Waals surface area contributed by atoms with Gasteiger partial charge in [-0.1, -0.05) is 49.3 Å². The highest BCUT2D eigenvalue weighted by Crippen LogP contribution is 2.24. The number of carbonyl (C=O) groups excluding carboxylic acids is 1. The summed E-state index contributed by atoms with van der Waals surface area (Å²) in [5.74, 6) is 0.229. The molecule has 0 saturated heterocycles. The molecule has 2 aromatic carbocycles. The second-order valence-corrected chi connectivity index (χ2v) is 5.24. The lowest BCUT2D eigenvalue weighted by Crippen LogP contribution is -2.13. The van der Waals surface area contributed by atoms with Crippen LogP contribution in [0.15, 0.2) is 53.7 Å². The van der Waals surface area contributed by atoms with Crippen molar-refractivity contribution in [1.82, 2.24) is 0 Å². The van der Waals surface area contributed by atoms with Crippen molar-refractivity contribution < 1.29 is 9.63 Å². The van der Waals surface area contributed by atoms with Gasteiger partial charge in [-0.05, 0) is 35.2 Å². The summed E-state index contributed by atoms with van der Waals surface area (Å²) in [6.45, 7) is 4.21. The standard InChI is InChI=1S/C18H20N2O2/c1-13(2)16-6-4-5-7-17(16)20-18(21)15-10-8-14(9-11-15)12-19-22-3/h4-13H,1-3H3,(H,20,21)/b19-12+. The molecule has 0 atom stereocenters. The van der Waals surface area contributed by atoms with Gasteiger partial charge in [0, 0.05) is 11.3 Å². The first-order chi connectivity index (χ1) is 10.6. The fourth-order valence-electron chi connectivity index (χ4n) is 2.14. The summed E-state index contributed by atoms with van der Waals surface area (Å²) in [5.41, 5.74) is 3.46. The van der Waals surface area contributed by atoms with E-state index in [0.29, 0.717) is 11.5 Å². The largest absolute Gasteiger partial charge is 0.399 e. The molecule has 4 heteroatoms. The number of nitrogens with one attached hydrogen (secondary N) is 1. The maximum Gasteiger partial charge on any atom is 0.255 e. The van der Waals surface area contributed by atoms with Gasteiger partial charge in [0.05, 0.1) is 6.21 Å². The van der Waals surface area contributed by atoms with Crippen molar-refractivity contribution in [2.24, 2.45) is 5.16 Å². The van der Waals surface area contributed by atoms with Crippen molar-refractivity contribution in [3.63, 3.8) is 0 Å². The second kappa shape index (κ2) is 7.41. The van der Waals surface area contributed by atoms with Gasteiger partial charge in [0.25, 0.3) is 5.91 Å². The molecule has 0 unspecified atom stereocenters. The van der Waals surface area contributed by atoms with Crippen LogP contribution in [0.25, 0.3) is 0 Å². The number of hydrogen-bond acceptors (Lipinski definition) is 3. The summed E-state index contributed by atoms with van der Waals surface area (Å²) in [5, 5.41) is 6.66. The van der Waals surface area contributed by atoms with Crippen LogP contribution in [0.3, 0.4) is 0 Å². The zero-order valence-electron chi connectivity index (χ0n) is 13.0.